The van der Waals surface area contributed by atoms with E-state index in [-0.39, 0.29) is 28.8 Å². The van der Waals surface area contributed by atoms with Gasteiger partial charge in [-0.05, 0) is 48.9 Å². The molecule has 2 amide bonds. The Bertz CT molecular complexity index is 880. The Kier molecular flexibility index (Phi) is 4.37. The molecule has 1 saturated heterocycles. The number of anilines is 1. The van der Waals surface area contributed by atoms with E-state index >= 15 is 0 Å². The van der Waals surface area contributed by atoms with Crippen LogP contribution in [-0.2, 0) is 4.79 Å². The molecule has 140 valence electrons. The van der Waals surface area contributed by atoms with Gasteiger partial charge in [0, 0.05) is 37.0 Å². The first-order valence-electron chi connectivity index (χ1n) is 8.95. The van der Waals surface area contributed by atoms with Crippen molar-refractivity contribution in [3.05, 3.63) is 59.9 Å². The van der Waals surface area contributed by atoms with E-state index in [1.807, 2.05) is 0 Å². The van der Waals surface area contributed by atoms with Crippen molar-refractivity contribution in [2.75, 3.05) is 18.4 Å². The van der Waals surface area contributed by atoms with Gasteiger partial charge in [-0.3, -0.25) is 14.6 Å². The van der Waals surface area contributed by atoms with Gasteiger partial charge in [-0.1, -0.05) is 6.07 Å². The molecule has 0 radical (unpaired) electrons. The molecule has 5 nitrogen and oxygen atoms in total. The molecule has 2 heterocycles. The zero-order valence-corrected chi connectivity index (χ0v) is 14.6. The SMILES string of the molecule is O=C(Nc1ccc(F)c(F)c1)[C@H]1CC12CCN(C(=O)c1ccccn1)CC2. The first kappa shape index (κ1) is 17.6. The minimum atomic E-state index is -0.986. The van der Waals surface area contributed by atoms with E-state index < -0.39 is 11.6 Å². The van der Waals surface area contributed by atoms with Crippen molar-refractivity contribution in [2.45, 2.75) is 19.3 Å². The van der Waals surface area contributed by atoms with E-state index in [0.29, 0.717) is 18.8 Å². The molecule has 1 aliphatic carbocycles. The molecule has 0 bridgehead atoms. The van der Waals surface area contributed by atoms with E-state index in [1.165, 1.54) is 6.07 Å². The maximum absolute atomic E-state index is 13.3. The van der Waals surface area contributed by atoms with Crippen LogP contribution in [-0.4, -0.2) is 34.8 Å². The van der Waals surface area contributed by atoms with Crippen molar-refractivity contribution in [1.29, 1.82) is 0 Å². The number of carbonyl (C=O) groups is 2. The summed E-state index contributed by atoms with van der Waals surface area (Å²) in [5, 5.41) is 2.67. The minimum Gasteiger partial charge on any atom is -0.337 e. The highest BCUT2D eigenvalue weighted by molar-refractivity contribution is 5.95. The minimum absolute atomic E-state index is 0.0890. The van der Waals surface area contributed by atoms with Crippen LogP contribution in [0.2, 0.25) is 0 Å². The van der Waals surface area contributed by atoms with Gasteiger partial charge in [-0.2, -0.15) is 0 Å². The van der Waals surface area contributed by atoms with Gasteiger partial charge in [0.25, 0.3) is 5.91 Å². The van der Waals surface area contributed by atoms with E-state index in [4.69, 9.17) is 0 Å². The number of likely N-dealkylation sites (tertiary alicyclic amines) is 1. The first-order chi connectivity index (χ1) is 13.0. The molecule has 1 atom stereocenters. The predicted molar refractivity (Wildman–Crippen MR) is 94.9 cm³/mol. The van der Waals surface area contributed by atoms with Gasteiger partial charge in [-0.25, -0.2) is 8.78 Å². The number of aromatic nitrogens is 1. The number of hydrogen-bond acceptors (Lipinski definition) is 3. The fourth-order valence-electron chi connectivity index (χ4n) is 3.88. The molecule has 0 unspecified atom stereocenters. The second-order valence-electron chi connectivity index (χ2n) is 7.24. The number of nitrogens with one attached hydrogen (secondary N) is 1. The monoisotopic (exact) mass is 371 g/mol. The highest BCUT2D eigenvalue weighted by Crippen LogP contribution is 2.59. The van der Waals surface area contributed by atoms with Gasteiger partial charge < -0.3 is 10.2 Å². The first-order valence-corrected chi connectivity index (χ1v) is 8.95. The van der Waals surface area contributed by atoms with Gasteiger partial charge in [0.05, 0.1) is 0 Å². The lowest BCUT2D eigenvalue weighted by Crippen LogP contribution is -2.40. The van der Waals surface area contributed by atoms with Gasteiger partial charge >= 0.3 is 0 Å². The molecule has 1 saturated carbocycles. The Morgan fingerprint density at radius 1 is 1.11 bits per heavy atom. The molecule has 1 spiro atoms. The van der Waals surface area contributed by atoms with E-state index in [2.05, 4.69) is 10.3 Å². The van der Waals surface area contributed by atoms with E-state index in [0.717, 1.165) is 31.4 Å². The molecular weight excluding hydrogens is 352 g/mol. The molecule has 1 aliphatic heterocycles. The van der Waals surface area contributed by atoms with Gasteiger partial charge in [0.15, 0.2) is 11.6 Å². The van der Waals surface area contributed by atoms with Gasteiger partial charge in [0.1, 0.15) is 5.69 Å². The summed E-state index contributed by atoms with van der Waals surface area (Å²) in [5.74, 6) is -2.35. The highest BCUT2D eigenvalue weighted by atomic mass is 19.2. The quantitative estimate of drug-likeness (QED) is 0.901. The molecule has 2 aliphatic rings. The molecule has 1 aromatic heterocycles. The summed E-state index contributed by atoms with van der Waals surface area (Å²) in [6, 6.07) is 8.57. The number of benzene rings is 1. The second-order valence-corrected chi connectivity index (χ2v) is 7.24. The smallest absolute Gasteiger partial charge is 0.272 e. The van der Waals surface area contributed by atoms with E-state index in [1.54, 1.807) is 29.3 Å². The maximum atomic E-state index is 13.3. The summed E-state index contributed by atoms with van der Waals surface area (Å²) in [7, 11) is 0. The van der Waals surface area contributed by atoms with Crippen LogP contribution in [0.3, 0.4) is 0 Å². The molecule has 1 aromatic carbocycles. The zero-order valence-electron chi connectivity index (χ0n) is 14.6. The van der Waals surface area contributed by atoms with Gasteiger partial charge in [0.2, 0.25) is 5.91 Å². The molecule has 2 fully saturated rings. The average molecular weight is 371 g/mol. The van der Waals surface area contributed by atoms with Crippen molar-refractivity contribution >= 4 is 17.5 Å². The van der Waals surface area contributed by atoms with Crippen LogP contribution in [0.1, 0.15) is 29.8 Å². The number of nitrogens with zero attached hydrogens (tertiary/aromatic N) is 2. The van der Waals surface area contributed by atoms with Crippen LogP contribution in [0.5, 0.6) is 0 Å². The zero-order chi connectivity index (χ0) is 19.0. The number of piperidine rings is 1. The average Bonchev–Trinajstić information content (AvgIpc) is 3.39. The summed E-state index contributed by atoms with van der Waals surface area (Å²) in [5.41, 5.74) is 0.587. The summed E-state index contributed by atoms with van der Waals surface area (Å²) in [4.78, 5) is 30.8. The number of hydrogen-bond donors (Lipinski definition) is 1. The van der Waals surface area contributed by atoms with Crippen molar-refractivity contribution in [3.63, 3.8) is 0 Å². The van der Waals surface area contributed by atoms with Crippen molar-refractivity contribution in [1.82, 2.24) is 9.88 Å². The Hall–Kier alpha value is -2.83. The van der Waals surface area contributed by atoms with Crippen molar-refractivity contribution in [3.8, 4) is 0 Å². The lowest BCUT2D eigenvalue weighted by atomic mass is 9.90. The van der Waals surface area contributed by atoms with Crippen LogP contribution in [0.4, 0.5) is 14.5 Å². The molecular formula is C20H19F2N3O2. The van der Waals surface area contributed by atoms with E-state index in [9.17, 15) is 18.4 Å². The van der Waals surface area contributed by atoms with Crippen LogP contribution >= 0.6 is 0 Å². The highest BCUT2D eigenvalue weighted by Gasteiger charge is 2.58. The molecule has 2 aromatic rings. The lowest BCUT2D eigenvalue weighted by molar-refractivity contribution is -0.118. The Balaban J connectivity index is 1.34. The third kappa shape index (κ3) is 3.41. The van der Waals surface area contributed by atoms with Crippen molar-refractivity contribution < 1.29 is 18.4 Å². The Labute approximate surface area is 155 Å². The molecule has 4 rings (SSSR count). The summed E-state index contributed by atoms with van der Waals surface area (Å²) < 4.78 is 26.3. The van der Waals surface area contributed by atoms with Gasteiger partial charge in [-0.15, -0.1) is 0 Å². The van der Waals surface area contributed by atoms with Crippen LogP contribution in [0.15, 0.2) is 42.6 Å². The van der Waals surface area contributed by atoms with Crippen LogP contribution in [0, 0.1) is 23.0 Å². The fraction of sp³-hybridized carbons (Fsp3) is 0.350. The maximum Gasteiger partial charge on any atom is 0.272 e. The largest absolute Gasteiger partial charge is 0.337 e. The number of halogens is 2. The third-order valence-electron chi connectivity index (χ3n) is 5.62. The Morgan fingerprint density at radius 3 is 2.56 bits per heavy atom. The molecule has 1 N–H and O–H groups in total. The van der Waals surface area contributed by atoms with Crippen molar-refractivity contribution in [2.24, 2.45) is 11.3 Å². The number of pyridine rings is 1. The second kappa shape index (κ2) is 6.72. The fourth-order valence-corrected chi connectivity index (χ4v) is 3.88. The predicted octanol–water partition coefficient (Wildman–Crippen LogP) is 3.24. The summed E-state index contributed by atoms with van der Waals surface area (Å²) >= 11 is 0. The number of carbonyl (C=O) groups excluding carboxylic acids is 2. The lowest BCUT2D eigenvalue weighted by Gasteiger charge is -2.32. The molecule has 27 heavy (non-hydrogen) atoms. The molecule has 7 heteroatoms. The normalized spacial score (nSPS) is 20.4. The van der Waals surface area contributed by atoms with Crippen LogP contribution in [0.25, 0.3) is 0 Å². The third-order valence-corrected chi connectivity index (χ3v) is 5.62. The Morgan fingerprint density at radius 2 is 1.89 bits per heavy atom. The van der Waals surface area contributed by atoms with Crippen LogP contribution < -0.4 is 5.32 Å². The topological polar surface area (TPSA) is 62.3 Å². The standard InChI is InChI=1S/C20H19F2N3O2/c21-15-5-4-13(11-16(15)22)24-18(26)14-12-20(14)6-9-25(10-7-20)19(27)17-3-1-2-8-23-17/h1-5,8,11,14H,6-7,9-10,12H2,(H,24,26)/t14-/m1/s1. The summed E-state index contributed by atoms with van der Waals surface area (Å²) in [6.45, 7) is 1.18. The summed E-state index contributed by atoms with van der Waals surface area (Å²) in [6.07, 6.45) is 3.86. The number of rotatable bonds is 3. The number of amides is 2.